The summed E-state index contributed by atoms with van der Waals surface area (Å²) in [5, 5.41) is 12.3. The molecule has 29 heavy (non-hydrogen) atoms. The number of esters is 1. The van der Waals surface area contributed by atoms with Gasteiger partial charge in [-0.15, -0.1) is 0 Å². The quantitative estimate of drug-likeness (QED) is 0.220. The zero-order valence-corrected chi connectivity index (χ0v) is 17.2. The second kappa shape index (κ2) is 9.41. The molecule has 0 spiro atoms. The fourth-order valence-electron chi connectivity index (χ4n) is 3.71. The first kappa shape index (κ1) is 20.6. The van der Waals surface area contributed by atoms with E-state index in [1.807, 2.05) is 43.3 Å². The Morgan fingerprint density at radius 3 is 2.48 bits per heavy atom. The molecule has 0 heterocycles. The van der Waals surface area contributed by atoms with E-state index in [-0.39, 0.29) is 6.61 Å². The minimum Gasteiger partial charge on any atom is -0.624 e. The maximum Gasteiger partial charge on any atom is 0.345 e. The number of hydroxylamine groups is 1. The van der Waals surface area contributed by atoms with Crippen LogP contribution in [0, 0.1) is 5.21 Å². The van der Waals surface area contributed by atoms with Crippen LogP contribution >= 0.6 is 0 Å². The predicted molar refractivity (Wildman–Crippen MR) is 114 cm³/mol. The van der Waals surface area contributed by atoms with Crippen LogP contribution in [0.15, 0.2) is 54.1 Å². The van der Waals surface area contributed by atoms with Crippen LogP contribution in [0.3, 0.4) is 0 Å². The third-order valence-electron chi connectivity index (χ3n) is 4.98. The molecule has 2 aromatic carbocycles. The molecule has 0 unspecified atom stereocenters. The van der Waals surface area contributed by atoms with Crippen molar-refractivity contribution in [1.82, 2.24) is 0 Å². The van der Waals surface area contributed by atoms with E-state index in [0.29, 0.717) is 30.1 Å². The molecule has 3 rings (SSSR count). The summed E-state index contributed by atoms with van der Waals surface area (Å²) < 4.78 is 11.9. The lowest BCUT2D eigenvalue weighted by Crippen LogP contribution is -2.21. The summed E-state index contributed by atoms with van der Waals surface area (Å²) in [7, 11) is 1.41. The molecule has 5 nitrogen and oxygen atoms in total. The van der Waals surface area contributed by atoms with Gasteiger partial charge >= 0.3 is 5.97 Å². The van der Waals surface area contributed by atoms with E-state index in [4.69, 9.17) is 9.47 Å². The highest BCUT2D eigenvalue weighted by atomic mass is 16.5. The first-order valence-corrected chi connectivity index (χ1v) is 10.1. The molecule has 0 N–H and O–H groups in total. The van der Waals surface area contributed by atoms with Gasteiger partial charge in [0.05, 0.1) is 18.8 Å². The average Bonchev–Trinajstić information content (AvgIpc) is 3.06. The Morgan fingerprint density at radius 1 is 1.07 bits per heavy atom. The smallest absolute Gasteiger partial charge is 0.345 e. The summed E-state index contributed by atoms with van der Waals surface area (Å²) in [5.74, 6) is 0.236. The maximum atomic E-state index is 12.5. The van der Waals surface area contributed by atoms with Gasteiger partial charge in [0.25, 0.3) is 0 Å². The van der Waals surface area contributed by atoms with Crippen molar-refractivity contribution in [1.29, 1.82) is 0 Å². The SMILES string of the molecule is CCOC(=O)C1=C(CC)c2ccc(OCCCc3ccccc3)cc2/C1=[N+](/C)[O-]. The molecular formula is C24H27NO4. The summed E-state index contributed by atoms with van der Waals surface area (Å²) in [6.07, 6.45) is 2.47. The Hall–Kier alpha value is -3.08. The molecule has 2 aromatic rings. The highest BCUT2D eigenvalue weighted by molar-refractivity contribution is 6.34. The van der Waals surface area contributed by atoms with E-state index in [2.05, 4.69) is 12.1 Å². The van der Waals surface area contributed by atoms with Gasteiger partial charge in [0.1, 0.15) is 18.4 Å². The van der Waals surface area contributed by atoms with Gasteiger partial charge in [-0.25, -0.2) is 9.53 Å². The summed E-state index contributed by atoms with van der Waals surface area (Å²) in [4.78, 5) is 12.5. The number of carbonyl (C=O) groups is 1. The molecule has 5 heteroatoms. The standard InChI is InChI=1S/C24H27NO4/c1-4-19-20-14-13-18(29-15-9-12-17-10-7-6-8-11-17)16-21(20)23(25(3)27)22(19)24(26)28-5-2/h6-8,10-11,13-14,16H,4-5,9,12,15H2,1-3H3/b25-23+. The van der Waals surface area contributed by atoms with Crippen LogP contribution in [-0.4, -0.2) is 36.7 Å². The van der Waals surface area contributed by atoms with Gasteiger partial charge in [-0.05, 0) is 55.0 Å². The average molecular weight is 393 g/mol. The van der Waals surface area contributed by atoms with Crippen molar-refractivity contribution < 1.29 is 19.0 Å². The number of nitrogens with zero attached hydrogens (tertiary/aromatic N) is 1. The van der Waals surface area contributed by atoms with Crippen molar-refractivity contribution in [3.8, 4) is 5.75 Å². The van der Waals surface area contributed by atoms with E-state index in [0.717, 1.165) is 34.3 Å². The largest absolute Gasteiger partial charge is 0.624 e. The van der Waals surface area contributed by atoms with Crippen LogP contribution in [0.1, 0.15) is 43.4 Å². The Balaban J connectivity index is 1.78. The second-order valence-corrected chi connectivity index (χ2v) is 6.92. The van der Waals surface area contributed by atoms with Crippen LogP contribution < -0.4 is 4.74 Å². The molecule has 0 aliphatic heterocycles. The van der Waals surface area contributed by atoms with Crippen molar-refractivity contribution in [2.24, 2.45) is 0 Å². The van der Waals surface area contributed by atoms with Crippen molar-refractivity contribution in [3.05, 3.63) is 76.0 Å². The number of aryl methyl sites for hydroxylation is 1. The first-order valence-electron chi connectivity index (χ1n) is 10.1. The van der Waals surface area contributed by atoms with Crippen molar-refractivity contribution >= 4 is 17.3 Å². The van der Waals surface area contributed by atoms with E-state index >= 15 is 0 Å². The predicted octanol–water partition coefficient (Wildman–Crippen LogP) is 4.37. The fraction of sp³-hybridized carbons (Fsp3) is 0.333. The van der Waals surface area contributed by atoms with Gasteiger partial charge in [0, 0.05) is 0 Å². The molecule has 0 fully saturated rings. The molecule has 0 atom stereocenters. The van der Waals surface area contributed by atoms with Gasteiger partial charge in [-0.2, -0.15) is 0 Å². The topological polar surface area (TPSA) is 61.6 Å². The summed E-state index contributed by atoms with van der Waals surface area (Å²) in [5.41, 5.74) is 4.46. The molecular weight excluding hydrogens is 366 g/mol. The number of hydrogen-bond donors (Lipinski definition) is 0. The molecule has 0 aromatic heterocycles. The highest BCUT2D eigenvalue weighted by Gasteiger charge is 2.37. The fourth-order valence-corrected chi connectivity index (χ4v) is 3.71. The molecule has 1 aliphatic carbocycles. The molecule has 1 aliphatic rings. The lowest BCUT2D eigenvalue weighted by Gasteiger charge is -2.10. The lowest BCUT2D eigenvalue weighted by molar-refractivity contribution is -0.421. The number of fused-ring (bicyclic) bond motifs is 1. The van der Waals surface area contributed by atoms with Crippen LogP contribution in [-0.2, 0) is 16.0 Å². The van der Waals surface area contributed by atoms with E-state index in [1.54, 1.807) is 6.92 Å². The van der Waals surface area contributed by atoms with Gasteiger partial charge in [0.2, 0.25) is 5.71 Å². The number of allylic oxidation sites excluding steroid dienone is 1. The van der Waals surface area contributed by atoms with E-state index < -0.39 is 5.97 Å². The Kier molecular flexibility index (Phi) is 6.70. The Morgan fingerprint density at radius 2 is 1.83 bits per heavy atom. The summed E-state index contributed by atoms with van der Waals surface area (Å²) in [6.45, 7) is 4.57. The maximum absolute atomic E-state index is 12.5. The van der Waals surface area contributed by atoms with Crippen molar-refractivity contribution in [3.63, 3.8) is 0 Å². The third-order valence-corrected chi connectivity index (χ3v) is 4.98. The summed E-state index contributed by atoms with van der Waals surface area (Å²) in [6, 6.07) is 16.0. The van der Waals surface area contributed by atoms with Gasteiger partial charge in [0.15, 0.2) is 0 Å². The zero-order valence-electron chi connectivity index (χ0n) is 17.2. The second-order valence-electron chi connectivity index (χ2n) is 6.92. The van der Waals surface area contributed by atoms with Gasteiger partial charge < -0.3 is 14.7 Å². The number of carbonyl (C=O) groups excluding carboxylic acids is 1. The normalized spacial score (nSPS) is 14.6. The minimum absolute atomic E-state index is 0.265. The van der Waals surface area contributed by atoms with Gasteiger partial charge in [-0.1, -0.05) is 43.3 Å². The summed E-state index contributed by atoms with van der Waals surface area (Å²) >= 11 is 0. The van der Waals surface area contributed by atoms with Crippen LogP contribution in [0.2, 0.25) is 0 Å². The van der Waals surface area contributed by atoms with Crippen LogP contribution in [0.5, 0.6) is 5.75 Å². The molecule has 0 saturated carbocycles. The number of rotatable bonds is 8. The van der Waals surface area contributed by atoms with Gasteiger partial charge in [-0.3, -0.25) is 0 Å². The molecule has 0 amide bonds. The Labute approximate surface area is 171 Å². The zero-order chi connectivity index (χ0) is 20.8. The van der Waals surface area contributed by atoms with Crippen LogP contribution in [0.4, 0.5) is 0 Å². The van der Waals surface area contributed by atoms with E-state index in [1.165, 1.54) is 12.6 Å². The molecule has 152 valence electrons. The van der Waals surface area contributed by atoms with Crippen molar-refractivity contribution in [2.45, 2.75) is 33.1 Å². The first-order chi connectivity index (χ1) is 14.1. The third kappa shape index (κ3) is 4.50. The van der Waals surface area contributed by atoms with E-state index in [9.17, 15) is 10.0 Å². The Bertz CT molecular complexity index is 941. The number of hydrogen-bond acceptors (Lipinski definition) is 4. The lowest BCUT2D eigenvalue weighted by atomic mass is 10.0. The number of benzene rings is 2. The number of ether oxygens (including phenoxy) is 2. The molecule has 0 radical (unpaired) electrons. The van der Waals surface area contributed by atoms with Crippen LogP contribution in [0.25, 0.3) is 5.57 Å². The monoisotopic (exact) mass is 393 g/mol. The van der Waals surface area contributed by atoms with Crippen molar-refractivity contribution in [2.75, 3.05) is 20.3 Å². The molecule has 0 bridgehead atoms. The molecule has 0 saturated heterocycles. The minimum atomic E-state index is -0.455. The highest BCUT2D eigenvalue weighted by Crippen LogP contribution is 2.37.